The average Bonchev–Trinajstić information content (AvgIpc) is 2.46. The Kier molecular flexibility index (Phi) is 5.23. The Morgan fingerprint density at radius 1 is 1.17 bits per heavy atom. The standard InChI is InChI=1S/C15H11ClF2N2O2S/c1-20(12-6-5-8(23)7-11(12)18)15(22)19-14(21)13-9(16)3-2-4-10(13)17/h2-7,23H,1H3,(H,19,21,22). The fourth-order valence-electron chi connectivity index (χ4n) is 1.84. The zero-order valence-electron chi connectivity index (χ0n) is 11.8. The lowest BCUT2D eigenvalue weighted by molar-refractivity contribution is 0.0962. The first-order valence-corrected chi connectivity index (χ1v) is 7.15. The van der Waals surface area contributed by atoms with Gasteiger partial charge in [-0.2, -0.15) is 0 Å². The van der Waals surface area contributed by atoms with Gasteiger partial charge in [0.15, 0.2) is 0 Å². The first-order valence-electron chi connectivity index (χ1n) is 6.33. The number of nitrogens with zero attached hydrogens (tertiary/aromatic N) is 1. The summed E-state index contributed by atoms with van der Waals surface area (Å²) in [6.45, 7) is 0. The second-order valence-electron chi connectivity index (χ2n) is 4.55. The maximum atomic E-state index is 13.8. The number of anilines is 1. The molecule has 3 amide bonds. The molecule has 0 saturated heterocycles. The largest absolute Gasteiger partial charge is 0.328 e. The molecule has 0 aliphatic rings. The smallest absolute Gasteiger partial charge is 0.294 e. The molecule has 0 spiro atoms. The third-order valence-electron chi connectivity index (χ3n) is 3.01. The molecule has 1 N–H and O–H groups in total. The number of thiol groups is 1. The van der Waals surface area contributed by atoms with Crippen LogP contribution in [0.1, 0.15) is 10.4 Å². The van der Waals surface area contributed by atoms with Gasteiger partial charge in [0.25, 0.3) is 5.91 Å². The molecular formula is C15H11ClF2N2O2S. The van der Waals surface area contributed by atoms with Crippen LogP contribution in [0.2, 0.25) is 5.02 Å². The van der Waals surface area contributed by atoms with E-state index in [9.17, 15) is 18.4 Å². The summed E-state index contributed by atoms with van der Waals surface area (Å²) in [6.07, 6.45) is 0. The molecule has 2 aromatic rings. The van der Waals surface area contributed by atoms with Crippen molar-refractivity contribution in [1.29, 1.82) is 0 Å². The lowest BCUT2D eigenvalue weighted by Gasteiger charge is -2.18. The molecule has 8 heteroatoms. The van der Waals surface area contributed by atoms with Crippen molar-refractivity contribution in [2.45, 2.75) is 4.90 Å². The number of hydrogen-bond acceptors (Lipinski definition) is 3. The van der Waals surface area contributed by atoms with Crippen molar-refractivity contribution in [3.8, 4) is 0 Å². The number of rotatable bonds is 2. The Hall–Kier alpha value is -2.12. The Labute approximate surface area is 141 Å². The zero-order valence-corrected chi connectivity index (χ0v) is 13.5. The van der Waals surface area contributed by atoms with Gasteiger partial charge >= 0.3 is 6.03 Å². The number of carbonyl (C=O) groups is 2. The van der Waals surface area contributed by atoms with E-state index >= 15 is 0 Å². The zero-order chi connectivity index (χ0) is 17.1. The molecule has 0 aliphatic heterocycles. The van der Waals surface area contributed by atoms with Crippen molar-refractivity contribution in [1.82, 2.24) is 5.32 Å². The van der Waals surface area contributed by atoms with Crippen LogP contribution in [0.15, 0.2) is 41.3 Å². The van der Waals surface area contributed by atoms with E-state index < -0.39 is 29.1 Å². The molecule has 0 heterocycles. The summed E-state index contributed by atoms with van der Waals surface area (Å²) in [7, 11) is 1.27. The number of nitrogens with one attached hydrogen (secondary N) is 1. The van der Waals surface area contributed by atoms with Gasteiger partial charge in [-0.25, -0.2) is 13.6 Å². The first kappa shape index (κ1) is 17.2. The lowest BCUT2D eigenvalue weighted by Crippen LogP contribution is -2.41. The number of halogens is 3. The number of carbonyl (C=O) groups excluding carboxylic acids is 2. The molecule has 120 valence electrons. The second-order valence-corrected chi connectivity index (χ2v) is 5.47. The minimum atomic E-state index is -1.02. The predicted molar refractivity (Wildman–Crippen MR) is 86.3 cm³/mol. The van der Waals surface area contributed by atoms with Gasteiger partial charge in [-0.15, -0.1) is 12.6 Å². The first-order chi connectivity index (χ1) is 10.8. The SMILES string of the molecule is CN(C(=O)NC(=O)c1c(F)cccc1Cl)c1ccc(S)cc1F. The van der Waals surface area contributed by atoms with Crippen molar-refractivity contribution < 1.29 is 18.4 Å². The van der Waals surface area contributed by atoms with E-state index in [0.717, 1.165) is 17.0 Å². The maximum Gasteiger partial charge on any atom is 0.328 e. The minimum Gasteiger partial charge on any atom is -0.294 e. The van der Waals surface area contributed by atoms with E-state index in [0.29, 0.717) is 4.90 Å². The molecule has 0 aromatic heterocycles. The van der Waals surface area contributed by atoms with E-state index in [-0.39, 0.29) is 10.7 Å². The highest BCUT2D eigenvalue weighted by Gasteiger charge is 2.21. The summed E-state index contributed by atoms with van der Waals surface area (Å²) in [4.78, 5) is 25.3. The van der Waals surface area contributed by atoms with Gasteiger partial charge in [0.1, 0.15) is 11.6 Å². The third kappa shape index (κ3) is 3.80. The van der Waals surface area contributed by atoms with Gasteiger partial charge in [0.05, 0.1) is 16.3 Å². The van der Waals surface area contributed by atoms with Crippen molar-refractivity contribution >= 4 is 41.9 Å². The molecule has 0 radical (unpaired) electrons. The molecule has 0 aliphatic carbocycles. The Balaban J connectivity index is 2.20. The van der Waals surface area contributed by atoms with Crippen LogP contribution >= 0.6 is 24.2 Å². The Bertz CT molecular complexity index is 766. The quantitative estimate of drug-likeness (QED) is 0.802. The maximum absolute atomic E-state index is 13.8. The Morgan fingerprint density at radius 2 is 1.87 bits per heavy atom. The highest BCUT2D eigenvalue weighted by Crippen LogP contribution is 2.22. The van der Waals surface area contributed by atoms with Gasteiger partial charge in [-0.1, -0.05) is 17.7 Å². The van der Waals surface area contributed by atoms with Crippen molar-refractivity contribution in [3.05, 3.63) is 58.6 Å². The fraction of sp³-hybridized carbons (Fsp3) is 0.0667. The molecule has 0 bridgehead atoms. The lowest BCUT2D eigenvalue weighted by atomic mass is 10.2. The molecule has 2 rings (SSSR count). The molecule has 23 heavy (non-hydrogen) atoms. The van der Waals surface area contributed by atoms with E-state index in [4.69, 9.17) is 11.6 Å². The summed E-state index contributed by atoms with van der Waals surface area (Å²) in [6, 6.07) is 6.70. The molecule has 2 aromatic carbocycles. The van der Waals surface area contributed by atoms with Crippen LogP contribution in [0.5, 0.6) is 0 Å². The summed E-state index contributed by atoms with van der Waals surface area (Å²) in [5, 5.41) is 1.82. The molecule has 0 atom stereocenters. The van der Waals surface area contributed by atoms with Crippen molar-refractivity contribution in [2.24, 2.45) is 0 Å². The van der Waals surface area contributed by atoms with Crippen LogP contribution in [0.25, 0.3) is 0 Å². The summed E-state index contributed by atoms with van der Waals surface area (Å²) >= 11 is 9.73. The highest BCUT2D eigenvalue weighted by atomic mass is 35.5. The number of hydrogen-bond donors (Lipinski definition) is 2. The van der Waals surface area contributed by atoms with Crippen molar-refractivity contribution in [3.63, 3.8) is 0 Å². The molecule has 0 fully saturated rings. The van der Waals surface area contributed by atoms with E-state index in [2.05, 4.69) is 12.6 Å². The van der Waals surface area contributed by atoms with Gasteiger partial charge in [0.2, 0.25) is 0 Å². The van der Waals surface area contributed by atoms with E-state index in [1.54, 1.807) is 0 Å². The van der Waals surface area contributed by atoms with Gasteiger partial charge in [-0.05, 0) is 30.3 Å². The normalized spacial score (nSPS) is 10.3. The number of imide groups is 1. The Morgan fingerprint density at radius 3 is 2.48 bits per heavy atom. The summed E-state index contributed by atoms with van der Waals surface area (Å²) in [5.74, 6) is -2.57. The van der Waals surface area contributed by atoms with Crippen LogP contribution in [-0.4, -0.2) is 19.0 Å². The molecule has 0 unspecified atom stereocenters. The topological polar surface area (TPSA) is 49.4 Å². The number of urea groups is 1. The van der Waals surface area contributed by atoms with Crippen LogP contribution in [0, 0.1) is 11.6 Å². The van der Waals surface area contributed by atoms with Crippen LogP contribution in [-0.2, 0) is 0 Å². The van der Waals surface area contributed by atoms with Crippen LogP contribution < -0.4 is 10.2 Å². The highest BCUT2D eigenvalue weighted by molar-refractivity contribution is 7.80. The number of benzene rings is 2. The molecular weight excluding hydrogens is 346 g/mol. The number of amides is 3. The molecule has 4 nitrogen and oxygen atoms in total. The van der Waals surface area contributed by atoms with Gasteiger partial charge in [0, 0.05) is 11.9 Å². The van der Waals surface area contributed by atoms with Gasteiger partial charge in [-0.3, -0.25) is 15.0 Å². The summed E-state index contributed by atoms with van der Waals surface area (Å²) < 4.78 is 27.5. The fourth-order valence-corrected chi connectivity index (χ4v) is 2.27. The van der Waals surface area contributed by atoms with E-state index in [1.165, 1.54) is 31.3 Å². The molecule has 0 saturated carbocycles. The van der Waals surface area contributed by atoms with E-state index in [1.807, 2.05) is 5.32 Å². The third-order valence-corrected chi connectivity index (χ3v) is 3.60. The average molecular weight is 357 g/mol. The monoisotopic (exact) mass is 356 g/mol. The van der Waals surface area contributed by atoms with Crippen LogP contribution in [0.3, 0.4) is 0 Å². The second kappa shape index (κ2) is 6.97. The summed E-state index contributed by atoms with van der Waals surface area (Å²) in [5.41, 5.74) is -0.519. The van der Waals surface area contributed by atoms with Gasteiger partial charge < -0.3 is 0 Å². The van der Waals surface area contributed by atoms with Crippen molar-refractivity contribution in [2.75, 3.05) is 11.9 Å². The minimum absolute atomic E-state index is 0.0623. The predicted octanol–water partition coefficient (Wildman–Crippen LogP) is 3.89. The van der Waals surface area contributed by atoms with Crippen LogP contribution in [0.4, 0.5) is 19.3 Å².